The van der Waals surface area contributed by atoms with E-state index in [-0.39, 0.29) is 23.0 Å². The van der Waals surface area contributed by atoms with Crippen LogP contribution in [0.1, 0.15) is 16.1 Å². The first-order valence-electron chi connectivity index (χ1n) is 5.11. The van der Waals surface area contributed by atoms with Crippen LogP contribution in [0.3, 0.4) is 0 Å². The van der Waals surface area contributed by atoms with Crippen LogP contribution in [0.4, 0.5) is 0 Å². The number of aromatic hydroxyl groups is 1. The number of aryl methyl sites for hydroxylation is 1. The summed E-state index contributed by atoms with van der Waals surface area (Å²) in [6.07, 6.45) is 0. The van der Waals surface area contributed by atoms with E-state index in [0.717, 1.165) is 0 Å². The third kappa shape index (κ3) is 1.88. The van der Waals surface area contributed by atoms with Gasteiger partial charge in [0.15, 0.2) is 23.0 Å². The number of aromatic nitrogens is 1. The van der Waals surface area contributed by atoms with Gasteiger partial charge in [0.05, 0.1) is 12.7 Å². The fraction of sp³-hybridized carbons (Fsp3) is 0.167. The number of benzene rings is 1. The SMILES string of the molecule is COc1c(-c2cc(C(=O)O)no2)ccc(C)c1O. The Bertz CT molecular complexity index is 603. The monoisotopic (exact) mass is 249 g/mol. The molecular formula is C12H11NO5. The van der Waals surface area contributed by atoms with Crippen LogP contribution in [0, 0.1) is 6.92 Å². The van der Waals surface area contributed by atoms with Crippen molar-refractivity contribution in [3.05, 3.63) is 29.5 Å². The van der Waals surface area contributed by atoms with E-state index in [1.54, 1.807) is 19.1 Å². The predicted molar refractivity (Wildman–Crippen MR) is 61.9 cm³/mol. The summed E-state index contributed by atoms with van der Waals surface area (Å²) < 4.78 is 10.0. The van der Waals surface area contributed by atoms with Crippen molar-refractivity contribution < 1.29 is 24.3 Å². The standard InChI is InChI=1S/C12H11NO5/c1-6-3-4-7(11(17-2)10(6)14)9-5-8(12(15)16)13-18-9/h3-5,14H,1-2H3,(H,15,16). The second-order valence-corrected chi connectivity index (χ2v) is 3.69. The number of hydrogen-bond acceptors (Lipinski definition) is 5. The van der Waals surface area contributed by atoms with Gasteiger partial charge in [0.1, 0.15) is 0 Å². The third-order valence-corrected chi connectivity index (χ3v) is 2.53. The normalized spacial score (nSPS) is 10.3. The number of rotatable bonds is 3. The minimum Gasteiger partial charge on any atom is -0.504 e. The van der Waals surface area contributed by atoms with Crippen molar-refractivity contribution in [3.8, 4) is 22.8 Å². The lowest BCUT2D eigenvalue weighted by molar-refractivity contribution is 0.0686. The van der Waals surface area contributed by atoms with Crippen molar-refractivity contribution in [1.82, 2.24) is 5.16 Å². The van der Waals surface area contributed by atoms with Crippen LogP contribution in [0.15, 0.2) is 22.7 Å². The van der Waals surface area contributed by atoms with E-state index in [0.29, 0.717) is 11.1 Å². The van der Waals surface area contributed by atoms with E-state index >= 15 is 0 Å². The van der Waals surface area contributed by atoms with Crippen LogP contribution in [0.25, 0.3) is 11.3 Å². The van der Waals surface area contributed by atoms with Crippen molar-refractivity contribution in [2.45, 2.75) is 6.92 Å². The molecule has 6 nitrogen and oxygen atoms in total. The van der Waals surface area contributed by atoms with Gasteiger partial charge in [0.25, 0.3) is 0 Å². The number of ether oxygens (including phenoxy) is 1. The van der Waals surface area contributed by atoms with Crippen LogP contribution >= 0.6 is 0 Å². The zero-order chi connectivity index (χ0) is 13.3. The molecule has 1 aromatic heterocycles. The van der Waals surface area contributed by atoms with E-state index in [1.165, 1.54) is 13.2 Å². The highest BCUT2D eigenvalue weighted by Crippen LogP contribution is 2.39. The molecule has 1 aromatic carbocycles. The molecule has 94 valence electrons. The molecule has 0 saturated heterocycles. The second kappa shape index (κ2) is 4.40. The molecule has 18 heavy (non-hydrogen) atoms. The lowest BCUT2D eigenvalue weighted by Crippen LogP contribution is -1.94. The smallest absolute Gasteiger partial charge is 0.358 e. The number of aromatic carboxylic acids is 1. The van der Waals surface area contributed by atoms with E-state index < -0.39 is 5.97 Å². The summed E-state index contributed by atoms with van der Waals surface area (Å²) in [4.78, 5) is 10.7. The van der Waals surface area contributed by atoms with E-state index in [2.05, 4.69) is 5.16 Å². The fourth-order valence-electron chi connectivity index (χ4n) is 1.57. The van der Waals surface area contributed by atoms with Gasteiger partial charge in [0, 0.05) is 6.07 Å². The number of hydrogen-bond donors (Lipinski definition) is 2. The third-order valence-electron chi connectivity index (χ3n) is 2.53. The molecule has 2 N–H and O–H groups in total. The lowest BCUT2D eigenvalue weighted by atomic mass is 10.1. The molecule has 0 atom stereocenters. The summed E-state index contributed by atoms with van der Waals surface area (Å²) in [6.45, 7) is 1.73. The average molecular weight is 249 g/mol. The van der Waals surface area contributed by atoms with Crippen LogP contribution in [0.5, 0.6) is 11.5 Å². The molecule has 6 heteroatoms. The summed E-state index contributed by atoms with van der Waals surface area (Å²) in [5.41, 5.74) is 0.890. The number of carboxylic acid groups (broad SMARTS) is 1. The molecule has 0 radical (unpaired) electrons. The maximum absolute atomic E-state index is 10.7. The lowest BCUT2D eigenvalue weighted by Gasteiger charge is -2.09. The summed E-state index contributed by atoms with van der Waals surface area (Å²) in [5.74, 6) is -0.744. The highest BCUT2D eigenvalue weighted by molar-refractivity contribution is 5.87. The Hall–Kier alpha value is -2.50. The molecule has 0 saturated carbocycles. The first-order chi connectivity index (χ1) is 8.54. The van der Waals surface area contributed by atoms with Gasteiger partial charge in [-0.05, 0) is 18.6 Å². The molecule has 0 aliphatic carbocycles. The first kappa shape index (κ1) is 12.0. The Morgan fingerprint density at radius 3 is 2.72 bits per heavy atom. The second-order valence-electron chi connectivity index (χ2n) is 3.69. The van der Waals surface area contributed by atoms with Crippen molar-refractivity contribution in [3.63, 3.8) is 0 Å². The highest BCUT2D eigenvalue weighted by atomic mass is 16.5. The molecule has 0 aliphatic rings. The first-order valence-corrected chi connectivity index (χ1v) is 5.11. The van der Waals surface area contributed by atoms with Crippen LogP contribution in [0.2, 0.25) is 0 Å². The van der Waals surface area contributed by atoms with Gasteiger partial charge in [-0.1, -0.05) is 11.2 Å². The van der Waals surface area contributed by atoms with Crippen LogP contribution < -0.4 is 4.74 Å². The minimum absolute atomic E-state index is 0.0109. The number of carboxylic acids is 1. The number of phenols is 1. The number of methoxy groups -OCH3 is 1. The summed E-state index contributed by atoms with van der Waals surface area (Å²) in [6, 6.07) is 4.62. The number of carbonyl (C=O) groups is 1. The van der Waals surface area contributed by atoms with E-state index in [9.17, 15) is 9.90 Å². The van der Waals surface area contributed by atoms with Crippen molar-refractivity contribution in [2.75, 3.05) is 7.11 Å². The Kier molecular flexibility index (Phi) is 2.93. The molecule has 2 rings (SSSR count). The Balaban J connectivity index is 2.56. The zero-order valence-corrected chi connectivity index (χ0v) is 9.80. The highest BCUT2D eigenvalue weighted by Gasteiger charge is 2.18. The van der Waals surface area contributed by atoms with Gasteiger partial charge in [-0.25, -0.2) is 4.79 Å². The number of phenolic OH excluding ortho intramolecular Hbond substituents is 1. The van der Waals surface area contributed by atoms with Gasteiger partial charge >= 0.3 is 5.97 Å². The summed E-state index contributed by atoms with van der Waals surface area (Å²) >= 11 is 0. The average Bonchev–Trinajstić information content (AvgIpc) is 2.82. The quantitative estimate of drug-likeness (QED) is 0.864. The topological polar surface area (TPSA) is 92.8 Å². The minimum atomic E-state index is -1.18. The van der Waals surface area contributed by atoms with Gasteiger partial charge in [-0.3, -0.25) is 0 Å². The van der Waals surface area contributed by atoms with Gasteiger partial charge in [-0.15, -0.1) is 0 Å². The summed E-state index contributed by atoms with van der Waals surface area (Å²) in [7, 11) is 1.41. The zero-order valence-electron chi connectivity index (χ0n) is 9.80. The number of nitrogens with zero attached hydrogens (tertiary/aromatic N) is 1. The van der Waals surface area contributed by atoms with Crippen LogP contribution in [-0.4, -0.2) is 28.4 Å². The summed E-state index contributed by atoms with van der Waals surface area (Å²) in [5, 5.41) is 22.0. The van der Waals surface area contributed by atoms with Crippen molar-refractivity contribution in [1.29, 1.82) is 0 Å². The maximum Gasteiger partial charge on any atom is 0.358 e. The predicted octanol–water partition coefficient (Wildman–Crippen LogP) is 2.06. The van der Waals surface area contributed by atoms with Crippen molar-refractivity contribution in [2.24, 2.45) is 0 Å². The van der Waals surface area contributed by atoms with E-state index in [1.807, 2.05) is 0 Å². The van der Waals surface area contributed by atoms with Crippen molar-refractivity contribution >= 4 is 5.97 Å². The van der Waals surface area contributed by atoms with Gasteiger partial charge in [-0.2, -0.15) is 0 Å². The Labute approximate surface area is 102 Å². The molecule has 0 unspecified atom stereocenters. The molecule has 0 fully saturated rings. The van der Waals surface area contributed by atoms with Crippen LogP contribution in [-0.2, 0) is 0 Å². The van der Waals surface area contributed by atoms with E-state index in [4.69, 9.17) is 14.4 Å². The Morgan fingerprint density at radius 2 is 2.17 bits per heavy atom. The molecule has 0 amide bonds. The molecule has 1 heterocycles. The molecule has 0 aliphatic heterocycles. The van der Waals surface area contributed by atoms with Gasteiger partial charge in [0.2, 0.25) is 0 Å². The molecule has 0 spiro atoms. The largest absolute Gasteiger partial charge is 0.504 e. The van der Waals surface area contributed by atoms with Gasteiger partial charge < -0.3 is 19.5 Å². The molecule has 0 bridgehead atoms. The molecule has 2 aromatic rings. The fourth-order valence-corrected chi connectivity index (χ4v) is 1.57. The maximum atomic E-state index is 10.7. The molecular weight excluding hydrogens is 238 g/mol. The Morgan fingerprint density at radius 1 is 1.44 bits per heavy atom.